The van der Waals surface area contributed by atoms with Gasteiger partial charge in [0.2, 0.25) is 0 Å². The Morgan fingerprint density at radius 1 is 1.07 bits per heavy atom. The highest BCUT2D eigenvalue weighted by Crippen LogP contribution is 2.31. The molecule has 2 aliphatic rings. The smallest absolute Gasteiger partial charge is 0.251 e. The molecule has 2 heterocycles. The van der Waals surface area contributed by atoms with Crippen LogP contribution in [0.4, 0.5) is 10.1 Å². The summed E-state index contributed by atoms with van der Waals surface area (Å²) in [5.41, 5.74) is 4.27. The summed E-state index contributed by atoms with van der Waals surface area (Å²) < 4.78 is 13.5. The number of halogens is 1. The Morgan fingerprint density at radius 2 is 1.86 bits per heavy atom. The number of nitrogens with one attached hydrogen (secondary N) is 1. The second kappa shape index (κ2) is 8.51. The lowest BCUT2D eigenvalue weighted by Gasteiger charge is -2.38. The van der Waals surface area contributed by atoms with Gasteiger partial charge in [-0.1, -0.05) is 18.2 Å². The summed E-state index contributed by atoms with van der Waals surface area (Å²) in [7, 11) is 4.27. The highest BCUT2D eigenvalue weighted by Gasteiger charge is 2.26. The lowest BCUT2D eigenvalue weighted by atomic mass is 10.00. The van der Waals surface area contributed by atoms with Crippen molar-refractivity contribution in [2.24, 2.45) is 0 Å². The van der Waals surface area contributed by atoms with Crippen LogP contribution in [0.2, 0.25) is 0 Å². The fourth-order valence-corrected chi connectivity index (χ4v) is 4.31. The van der Waals surface area contributed by atoms with Crippen LogP contribution in [-0.4, -0.2) is 69.1 Å². The molecule has 1 fully saturated rings. The number of carbonyl (C=O) groups is 1. The molecule has 29 heavy (non-hydrogen) atoms. The fourth-order valence-electron chi connectivity index (χ4n) is 4.31. The van der Waals surface area contributed by atoms with Crippen molar-refractivity contribution in [2.45, 2.75) is 12.5 Å². The van der Waals surface area contributed by atoms with E-state index in [1.165, 1.54) is 28.9 Å². The molecule has 6 heteroatoms. The van der Waals surface area contributed by atoms with Gasteiger partial charge in [0, 0.05) is 57.6 Å². The third kappa shape index (κ3) is 4.43. The number of fused-ring (bicyclic) bond motifs is 1. The van der Waals surface area contributed by atoms with Crippen LogP contribution in [0.5, 0.6) is 0 Å². The molecule has 0 aromatic heterocycles. The van der Waals surface area contributed by atoms with Gasteiger partial charge < -0.3 is 15.1 Å². The topological polar surface area (TPSA) is 38.8 Å². The Bertz CT molecular complexity index is 879. The number of anilines is 1. The monoisotopic (exact) mass is 396 g/mol. The first-order chi connectivity index (χ1) is 14.0. The van der Waals surface area contributed by atoms with Gasteiger partial charge in [-0.05, 0) is 48.9 Å². The first-order valence-electron chi connectivity index (χ1n) is 10.3. The molecule has 1 atom stereocenters. The minimum absolute atomic E-state index is 0.109. The quantitative estimate of drug-likeness (QED) is 0.843. The molecule has 154 valence electrons. The van der Waals surface area contributed by atoms with Crippen LogP contribution in [0.25, 0.3) is 0 Å². The van der Waals surface area contributed by atoms with Gasteiger partial charge in [-0.3, -0.25) is 9.69 Å². The summed E-state index contributed by atoms with van der Waals surface area (Å²) in [6.45, 7) is 5.52. The maximum Gasteiger partial charge on any atom is 0.251 e. The summed E-state index contributed by atoms with van der Waals surface area (Å²) in [5.74, 6) is -0.625. The molecule has 4 rings (SSSR count). The molecular formula is C23H29FN4O. The average Bonchev–Trinajstić information content (AvgIpc) is 3.09. The van der Waals surface area contributed by atoms with Crippen LogP contribution in [-0.2, 0) is 6.42 Å². The Balaban J connectivity index is 1.53. The zero-order valence-electron chi connectivity index (χ0n) is 17.2. The summed E-state index contributed by atoms with van der Waals surface area (Å²) in [6, 6.07) is 12.7. The van der Waals surface area contributed by atoms with E-state index in [0.29, 0.717) is 12.1 Å². The first-order valence-corrected chi connectivity index (χ1v) is 10.3. The zero-order chi connectivity index (χ0) is 20.4. The van der Waals surface area contributed by atoms with Crippen molar-refractivity contribution in [1.29, 1.82) is 0 Å². The molecule has 0 radical (unpaired) electrons. The molecular weight excluding hydrogens is 367 g/mol. The van der Waals surface area contributed by atoms with Gasteiger partial charge in [-0.15, -0.1) is 0 Å². The molecule has 2 aromatic rings. The highest BCUT2D eigenvalue weighted by molar-refractivity contribution is 5.94. The van der Waals surface area contributed by atoms with Crippen LogP contribution < -0.4 is 10.2 Å². The third-order valence-electron chi connectivity index (χ3n) is 6.14. The zero-order valence-corrected chi connectivity index (χ0v) is 17.2. The van der Waals surface area contributed by atoms with E-state index >= 15 is 0 Å². The molecule has 0 spiro atoms. The SMILES string of the molecule is CN1CCN([C@H](CNC(=O)c2cccc(F)c2)c2ccc3c(c2)CCN3C)CC1. The second-order valence-corrected chi connectivity index (χ2v) is 8.14. The maximum atomic E-state index is 13.5. The van der Waals surface area contributed by atoms with E-state index in [2.05, 4.69) is 52.3 Å². The lowest BCUT2D eigenvalue weighted by Crippen LogP contribution is -2.48. The molecule has 1 saturated heterocycles. The minimum Gasteiger partial charge on any atom is -0.374 e. The van der Waals surface area contributed by atoms with Gasteiger partial charge in [0.15, 0.2) is 0 Å². The standard InChI is InChI=1S/C23H29FN4O/c1-26-10-12-28(13-11-26)22(16-25-23(29)19-4-3-5-20(24)15-19)17-6-7-21-18(14-17)8-9-27(21)2/h3-7,14-15,22H,8-13,16H2,1-2H3,(H,25,29)/t22-/m1/s1. The van der Waals surface area contributed by atoms with E-state index in [9.17, 15) is 9.18 Å². The summed E-state index contributed by atoms with van der Waals surface area (Å²) in [6.07, 6.45) is 1.06. The predicted octanol–water partition coefficient (Wildman–Crippen LogP) is 2.54. The van der Waals surface area contributed by atoms with Gasteiger partial charge in [-0.2, -0.15) is 0 Å². The van der Waals surface area contributed by atoms with E-state index in [1.807, 2.05) is 0 Å². The summed E-state index contributed by atoms with van der Waals surface area (Å²) in [4.78, 5) is 19.7. The van der Waals surface area contributed by atoms with Gasteiger partial charge in [0.05, 0.1) is 6.04 Å². The van der Waals surface area contributed by atoms with Crippen molar-refractivity contribution in [2.75, 3.05) is 58.3 Å². The molecule has 1 N–H and O–H groups in total. The predicted molar refractivity (Wildman–Crippen MR) is 114 cm³/mol. The van der Waals surface area contributed by atoms with Crippen LogP contribution in [0.1, 0.15) is 27.5 Å². The van der Waals surface area contributed by atoms with Crippen LogP contribution >= 0.6 is 0 Å². The molecule has 0 saturated carbocycles. The highest BCUT2D eigenvalue weighted by atomic mass is 19.1. The van der Waals surface area contributed by atoms with E-state index < -0.39 is 5.82 Å². The Labute approximate surface area is 172 Å². The number of nitrogens with zero attached hydrogens (tertiary/aromatic N) is 3. The van der Waals surface area contributed by atoms with Crippen molar-refractivity contribution in [3.8, 4) is 0 Å². The van der Waals surface area contributed by atoms with Gasteiger partial charge in [0.25, 0.3) is 5.91 Å². The van der Waals surface area contributed by atoms with Crippen molar-refractivity contribution in [3.05, 3.63) is 65.0 Å². The number of likely N-dealkylation sites (N-methyl/N-ethyl adjacent to an activating group) is 2. The molecule has 0 bridgehead atoms. The van der Waals surface area contributed by atoms with Gasteiger partial charge in [0.1, 0.15) is 5.82 Å². The molecule has 0 unspecified atom stereocenters. The molecule has 2 aromatic carbocycles. The Kier molecular flexibility index (Phi) is 5.83. The van der Waals surface area contributed by atoms with E-state index in [-0.39, 0.29) is 11.9 Å². The molecule has 1 amide bonds. The Morgan fingerprint density at radius 3 is 2.62 bits per heavy atom. The molecule has 0 aliphatic carbocycles. The van der Waals surface area contributed by atoms with Gasteiger partial charge >= 0.3 is 0 Å². The normalized spacial score (nSPS) is 18.5. The second-order valence-electron chi connectivity index (χ2n) is 8.14. The number of hydrogen-bond donors (Lipinski definition) is 1. The Hall–Kier alpha value is -2.44. The average molecular weight is 397 g/mol. The summed E-state index contributed by atoms with van der Waals surface area (Å²) in [5, 5.41) is 3.04. The number of carbonyl (C=O) groups excluding carboxylic acids is 1. The number of hydrogen-bond acceptors (Lipinski definition) is 4. The third-order valence-corrected chi connectivity index (χ3v) is 6.14. The van der Waals surface area contributed by atoms with E-state index in [0.717, 1.165) is 39.1 Å². The fraction of sp³-hybridized carbons (Fsp3) is 0.435. The van der Waals surface area contributed by atoms with Gasteiger partial charge in [-0.25, -0.2) is 4.39 Å². The van der Waals surface area contributed by atoms with Crippen molar-refractivity contribution in [1.82, 2.24) is 15.1 Å². The molecule has 5 nitrogen and oxygen atoms in total. The lowest BCUT2D eigenvalue weighted by molar-refractivity contribution is 0.0886. The number of rotatable bonds is 5. The minimum atomic E-state index is -0.393. The summed E-state index contributed by atoms with van der Waals surface area (Å²) >= 11 is 0. The number of piperazine rings is 1. The largest absolute Gasteiger partial charge is 0.374 e. The van der Waals surface area contributed by atoms with Crippen LogP contribution in [0.3, 0.4) is 0 Å². The van der Waals surface area contributed by atoms with Crippen molar-refractivity contribution < 1.29 is 9.18 Å². The molecule has 2 aliphatic heterocycles. The number of amides is 1. The van der Waals surface area contributed by atoms with E-state index in [4.69, 9.17) is 0 Å². The maximum absolute atomic E-state index is 13.5. The number of benzene rings is 2. The van der Waals surface area contributed by atoms with Crippen molar-refractivity contribution in [3.63, 3.8) is 0 Å². The van der Waals surface area contributed by atoms with E-state index in [1.54, 1.807) is 12.1 Å². The van der Waals surface area contributed by atoms with Crippen molar-refractivity contribution >= 4 is 11.6 Å². The van der Waals surface area contributed by atoms with Crippen LogP contribution in [0, 0.1) is 5.82 Å². The first kappa shape index (κ1) is 19.9. The van der Waals surface area contributed by atoms with Crippen LogP contribution in [0.15, 0.2) is 42.5 Å².